The third kappa shape index (κ3) is 2.43. The topological polar surface area (TPSA) is 79.7 Å². The number of hydrogen-bond donors (Lipinski definition) is 1. The highest BCUT2D eigenvalue weighted by Crippen LogP contribution is 2.18. The van der Waals surface area contributed by atoms with Gasteiger partial charge in [-0.15, -0.1) is 0 Å². The lowest BCUT2D eigenvalue weighted by atomic mass is 10.1. The second-order valence-electron chi connectivity index (χ2n) is 5.28. The summed E-state index contributed by atoms with van der Waals surface area (Å²) in [5.74, 6) is 0.959. The molecule has 0 fully saturated rings. The Kier molecular flexibility index (Phi) is 3.25. The van der Waals surface area contributed by atoms with Gasteiger partial charge in [-0.25, -0.2) is 9.97 Å². The van der Waals surface area contributed by atoms with E-state index in [0.29, 0.717) is 13.1 Å². The summed E-state index contributed by atoms with van der Waals surface area (Å²) in [4.78, 5) is 25.9. The largest absolute Gasteiger partial charge is 0.344 e. The van der Waals surface area contributed by atoms with Gasteiger partial charge in [0, 0.05) is 13.0 Å². The molecule has 2 aromatic heterocycles. The molecule has 0 saturated heterocycles. The average Bonchev–Trinajstić information content (AvgIpc) is 3.04. The van der Waals surface area contributed by atoms with Gasteiger partial charge in [0.05, 0.1) is 30.4 Å². The Balaban J connectivity index is 1.66. The molecular formula is C13H18N6O. The second-order valence-corrected chi connectivity index (χ2v) is 5.28. The van der Waals surface area contributed by atoms with Crippen LogP contribution < -0.4 is 0 Å². The monoisotopic (exact) mass is 274 g/mol. The van der Waals surface area contributed by atoms with E-state index in [1.165, 1.54) is 6.33 Å². The Bertz CT molecular complexity index is 602. The van der Waals surface area contributed by atoms with Crippen LogP contribution in [-0.4, -0.2) is 42.1 Å². The summed E-state index contributed by atoms with van der Waals surface area (Å²) in [6.45, 7) is 5.79. The molecule has 1 N–H and O–H groups in total. The Morgan fingerprint density at radius 1 is 1.55 bits per heavy atom. The Labute approximate surface area is 117 Å². The van der Waals surface area contributed by atoms with Crippen LogP contribution in [0, 0.1) is 12.8 Å². The molecule has 0 saturated carbocycles. The second kappa shape index (κ2) is 5.07. The zero-order chi connectivity index (χ0) is 14.1. The van der Waals surface area contributed by atoms with Crippen LogP contribution in [0.4, 0.5) is 0 Å². The number of carbonyl (C=O) groups excluding carboxylic acids is 1. The highest BCUT2D eigenvalue weighted by molar-refractivity contribution is 5.78. The van der Waals surface area contributed by atoms with Gasteiger partial charge in [0.25, 0.3) is 0 Å². The molecule has 7 heteroatoms. The van der Waals surface area contributed by atoms with E-state index in [1.54, 1.807) is 11.0 Å². The highest BCUT2D eigenvalue weighted by atomic mass is 16.2. The van der Waals surface area contributed by atoms with Crippen LogP contribution in [0.1, 0.15) is 24.1 Å². The number of hydrogen-bond acceptors (Lipinski definition) is 4. The third-order valence-electron chi connectivity index (χ3n) is 3.61. The van der Waals surface area contributed by atoms with E-state index in [2.05, 4.69) is 20.1 Å². The van der Waals surface area contributed by atoms with E-state index in [-0.39, 0.29) is 11.8 Å². The van der Waals surface area contributed by atoms with Crippen molar-refractivity contribution in [3.8, 4) is 0 Å². The van der Waals surface area contributed by atoms with E-state index in [0.717, 1.165) is 30.2 Å². The number of H-pyrrole nitrogens is 1. The van der Waals surface area contributed by atoms with Gasteiger partial charge in [0.2, 0.25) is 5.91 Å². The van der Waals surface area contributed by atoms with Crippen molar-refractivity contribution in [2.24, 2.45) is 5.92 Å². The van der Waals surface area contributed by atoms with Crippen LogP contribution in [0.3, 0.4) is 0 Å². The van der Waals surface area contributed by atoms with Crippen molar-refractivity contribution in [1.29, 1.82) is 0 Å². The molecular weight excluding hydrogens is 256 g/mol. The molecule has 106 valence electrons. The van der Waals surface area contributed by atoms with Crippen LogP contribution in [0.25, 0.3) is 0 Å². The summed E-state index contributed by atoms with van der Waals surface area (Å²) < 4.78 is 1.69. The summed E-state index contributed by atoms with van der Waals surface area (Å²) in [7, 11) is 0. The van der Waals surface area contributed by atoms with Crippen LogP contribution in [0.15, 0.2) is 12.7 Å². The third-order valence-corrected chi connectivity index (χ3v) is 3.61. The van der Waals surface area contributed by atoms with Gasteiger partial charge in [-0.3, -0.25) is 9.48 Å². The van der Waals surface area contributed by atoms with Crippen LogP contribution in [0.5, 0.6) is 0 Å². The van der Waals surface area contributed by atoms with Crippen molar-refractivity contribution in [1.82, 2.24) is 29.6 Å². The molecule has 3 heterocycles. The first-order valence-corrected chi connectivity index (χ1v) is 6.79. The summed E-state index contributed by atoms with van der Waals surface area (Å²) in [6, 6.07) is 0. The molecule has 20 heavy (non-hydrogen) atoms. The van der Waals surface area contributed by atoms with Crippen molar-refractivity contribution in [3.63, 3.8) is 0 Å². The van der Waals surface area contributed by atoms with E-state index in [9.17, 15) is 4.79 Å². The minimum Gasteiger partial charge on any atom is -0.344 e. The molecule has 0 aliphatic carbocycles. The molecule has 7 nitrogen and oxygen atoms in total. The number of imidazole rings is 1. The number of aromatic amines is 1. The standard InChI is InChI=1S/C13H18N6O/c1-9(5-19-8-14-7-15-19)13(20)18-4-3-11-12(6-18)17-10(2)16-11/h7-9H,3-6H2,1-2H3,(H,16,17)/t9-/m0/s1. The van der Waals surface area contributed by atoms with Gasteiger partial charge in [-0.05, 0) is 6.92 Å². The predicted molar refractivity (Wildman–Crippen MR) is 71.6 cm³/mol. The smallest absolute Gasteiger partial charge is 0.227 e. The van der Waals surface area contributed by atoms with Gasteiger partial charge >= 0.3 is 0 Å². The number of rotatable bonds is 3. The van der Waals surface area contributed by atoms with Crippen molar-refractivity contribution < 1.29 is 4.79 Å². The maximum absolute atomic E-state index is 12.5. The number of amides is 1. The molecule has 1 aliphatic heterocycles. The van der Waals surface area contributed by atoms with Crippen molar-refractivity contribution >= 4 is 5.91 Å². The molecule has 1 aliphatic rings. The van der Waals surface area contributed by atoms with Crippen molar-refractivity contribution in [2.75, 3.05) is 6.54 Å². The van der Waals surface area contributed by atoms with Crippen LogP contribution in [0.2, 0.25) is 0 Å². The van der Waals surface area contributed by atoms with Gasteiger partial charge < -0.3 is 9.88 Å². The Morgan fingerprint density at radius 2 is 2.40 bits per heavy atom. The van der Waals surface area contributed by atoms with Crippen molar-refractivity contribution in [3.05, 3.63) is 29.9 Å². The summed E-state index contributed by atoms with van der Waals surface area (Å²) in [5.41, 5.74) is 2.16. The maximum atomic E-state index is 12.5. The first kappa shape index (κ1) is 12.8. The number of nitrogens with zero attached hydrogens (tertiary/aromatic N) is 5. The van der Waals surface area contributed by atoms with Gasteiger partial charge in [-0.2, -0.15) is 5.10 Å². The summed E-state index contributed by atoms with van der Waals surface area (Å²) in [6.07, 6.45) is 3.94. The number of aromatic nitrogens is 5. The molecule has 0 aromatic carbocycles. The van der Waals surface area contributed by atoms with Gasteiger partial charge in [0.15, 0.2) is 0 Å². The zero-order valence-corrected chi connectivity index (χ0v) is 11.7. The van der Waals surface area contributed by atoms with E-state index in [4.69, 9.17) is 0 Å². The predicted octanol–water partition coefficient (Wildman–Crippen LogP) is 0.531. The fraction of sp³-hybridized carbons (Fsp3) is 0.538. The molecule has 2 aromatic rings. The summed E-state index contributed by atoms with van der Waals surface area (Å²) >= 11 is 0. The lowest BCUT2D eigenvalue weighted by molar-refractivity contribution is -0.136. The average molecular weight is 274 g/mol. The molecule has 0 spiro atoms. The van der Waals surface area contributed by atoms with Gasteiger partial charge in [0.1, 0.15) is 18.5 Å². The summed E-state index contributed by atoms with van der Waals surface area (Å²) in [5, 5.41) is 4.04. The van der Waals surface area contributed by atoms with Gasteiger partial charge in [-0.1, -0.05) is 6.92 Å². The quantitative estimate of drug-likeness (QED) is 0.885. The van der Waals surface area contributed by atoms with E-state index in [1.807, 2.05) is 18.7 Å². The number of aryl methyl sites for hydroxylation is 1. The SMILES string of the molecule is Cc1nc2c([nH]1)CN(C(=O)[C@@H](C)Cn1cncn1)CC2. The molecule has 1 atom stereocenters. The fourth-order valence-corrected chi connectivity index (χ4v) is 2.62. The first-order chi connectivity index (χ1) is 9.63. The molecule has 3 rings (SSSR count). The Morgan fingerprint density at radius 3 is 3.15 bits per heavy atom. The molecule has 1 amide bonds. The molecule has 0 bridgehead atoms. The number of carbonyl (C=O) groups is 1. The first-order valence-electron chi connectivity index (χ1n) is 6.79. The van der Waals surface area contributed by atoms with Crippen molar-refractivity contribution in [2.45, 2.75) is 33.4 Å². The minimum atomic E-state index is -0.109. The van der Waals surface area contributed by atoms with Crippen LogP contribution >= 0.6 is 0 Å². The maximum Gasteiger partial charge on any atom is 0.227 e. The fourth-order valence-electron chi connectivity index (χ4n) is 2.62. The number of nitrogens with one attached hydrogen (secondary N) is 1. The molecule has 0 radical (unpaired) electrons. The molecule has 0 unspecified atom stereocenters. The van der Waals surface area contributed by atoms with Crippen LogP contribution in [-0.2, 0) is 24.3 Å². The number of fused-ring (bicyclic) bond motifs is 1. The minimum absolute atomic E-state index is 0.109. The van der Waals surface area contributed by atoms with E-state index >= 15 is 0 Å². The lowest BCUT2D eigenvalue weighted by Gasteiger charge is -2.28. The highest BCUT2D eigenvalue weighted by Gasteiger charge is 2.26. The lowest BCUT2D eigenvalue weighted by Crippen LogP contribution is -2.40. The Hall–Kier alpha value is -2.18. The van der Waals surface area contributed by atoms with E-state index < -0.39 is 0 Å². The zero-order valence-electron chi connectivity index (χ0n) is 11.7. The normalized spacial score (nSPS) is 16.0.